The third kappa shape index (κ3) is 2.60. The van der Waals surface area contributed by atoms with Gasteiger partial charge < -0.3 is 10.6 Å². The number of benzene rings is 1. The van der Waals surface area contributed by atoms with Gasteiger partial charge in [0, 0.05) is 28.8 Å². The Morgan fingerprint density at radius 2 is 2.33 bits per heavy atom. The molecule has 4 heteroatoms. The lowest BCUT2D eigenvalue weighted by molar-refractivity contribution is 0.747. The minimum Gasteiger partial charge on any atom is -0.370 e. The normalized spacial score (nSPS) is 15.2. The highest BCUT2D eigenvalue weighted by atomic mass is 35.5. The Morgan fingerprint density at radius 3 is 3.13 bits per heavy atom. The summed E-state index contributed by atoms with van der Waals surface area (Å²) in [7, 11) is 0. The summed E-state index contributed by atoms with van der Waals surface area (Å²) < 4.78 is 0. The molecule has 2 N–H and O–H groups in total. The molecule has 0 aromatic heterocycles. The molecule has 0 radical (unpaired) electrons. The number of hydrogen-bond donors (Lipinski definition) is 1. The molecule has 1 aliphatic heterocycles. The van der Waals surface area contributed by atoms with Crippen LogP contribution in [0.3, 0.4) is 0 Å². The van der Waals surface area contributed by atoms with E-state index in [1.807, 2.05) is 17.8 Å². The zero-order valence-corrected chi connectivity index (χ0v) is 10.2. The lowest BCUT2D eigenvalue weighted by Crippen LogP contribution is -2.31. The molecule has 2 rings (SSSR count). The van der Waals surface area contributed by atoms with E-state index in [0.29, 0.717) is 0 Å². The van der Waals surface area contributed by atoms with Gasteiger partial charge in [-0.25, -0.2) is 0 Å². The molecule has 15 heavy (non-hydrogen) atoms. The van der Waals surface area contributed by atoms with Crippen molar-refractivity contribution in [1.82, 2.24) is 0 Å². The van der Waals surface area contributed by atoms with Crippen LogP contribution >= 0.6 is 23.4 Å². The van der Waals surface area contributed by atoms with E-state index < -0.39 is 0 Å². The summed E-state index contributed by atoms with van der Waals surface area (Å²) in [5, 5.41) is 0.814. The maximum atomic E-state index is 6.02. The van der Waals surface area contributed by atoms with Gasteiger partial charge in [0.15, 0.2) is 0 Å². The van der Waals surface area contributed by atoms with Crippen molar-refractivity contribution >= 4 is 29.1 Å². The third-order valence-electron chi connectivity index (χ3n) is 2.51. The highest BCUT2D eigenvalue weighted by Gasteiger charge is 2.16. The molecular formula is C11H15ClN2S. The number of thioether (sulfide) groups is 1. The molecular weight excluding hydrogens is 228 g/mol. The van der Waals surface area contributed by atoms with Crippen molar-refractivity contribution in [2.24, 2.45) is 5.73 Å². The van der Waals surface area contributed by atoms with E-state index in [2.05, 4.69) is 17.0 Å². The Bertz CT molecular complexity index is 343. The van der Waals surface area contributed by atoms with Crippen molar-refractivity contribution in [3.8, 4) is 0 Å². The Balaban J connectivity index is 2.20. The van der Waals surface area contributed by atoms with Gasteiger partial charge >= 0.3 is 0 Å². The maximum Gasteiger partial charge on any atom is 0.0519 e. The van der Waals surface area contributed by atoms with Crippen LogP contribution in [0.25, 0.3) is 0 Å². The van der Waals surface area contributed by atoms with E-state index in [4.69, 9.17) is 17.3 Å². The van der Waals surface area contributed by atoms with E-state index in [-0.39, 0.29) is 0 Å². The molecule has 0 saturated heterocycles. The summed E-state index contributed by atoms with van der Waals surface area (Å²) in [6, 6.07) is 6.12. The molecule has 1 aliphatic rings. The number of fused-ring (bicyclic) bond motifs is 1. The fraction of sp³-hybridized carbons (Fsp3) is 0.455. The monoisotopic (exact) mass is 242 g/mol. The highest BCUT2D eigenvalue weighted by molar-refractivity contribution is 7.99. The SMILES string of the molecule is NCCCN1CCSc2ccc(Cl)cc21. The molecule has 0 amide bonds. The van der Waals surface area contributed by atoms with E-state index in [1.54, 1.807) is 0 Å². The lowest BCUT2D eigenvalue weighted by atomic mass is 10.2. The number of rotatable bonds is 3. The summed E-state index contributed by atoms with van der Waals surface area (Å²) in [6.45, 7) is 2.88. The minimum atomic E-state index is 0.750. The molecule has 1 aromatic carbocycles. The quantitative estimate of drug-likeness (QED) is 0.884. The lowest BCUT2D eigenvalue weighted by Gasteiger charge is -2.30. The summed E-state index contributed by atoms with van der Waals surface area (Å²) in [5.74, 6) is 1.15. The van der Waals surface area contributed by atoms with Crippen LogP contribution in [0.1, 0.15) is 6.42 Å². The topological polar surface area (TPSA) is 29.3 Å². The first-order valence-electron chi connectivity index (χ1n) is 5.18. The number of nitrogens with zero attached hydrogens (tertiary/aromatic N) is 1. The van der Waals surface area contributed by atoms with Crippen molar-refractivity contribution in [3.05, 3.63) is 23.2 Å². The average molecular weight is 243 g/mol. The van der Waals surface area contributed by atoms with E-state index >= 15 is 0 Å². The Labute approximate surface area is 99.8 Å². The van der Waals surface area contributed by atoms with Crippen LogP contribution in [-0.4, -0.2) is 25.4 Å². The second kappa shape index (κ2) is 5.10. The molecule has 0 aliphatic carbocycles. The Kier molecular flexibility index (Phi) is 3.78. The van der Waals surface area contributed by atoms with Gasteiger partial charge in [0.2, 0.25) is 0 Å². The van der Waals surface area contributed by atoms with Crippen LogP contribution in [0.2, 0.25) is 5.02 Å². The molecule has 0 spiro atoms. The van der Waals surface area contributed by atoms with Crippen LogP contribution in [0.15, 0.2) is 23.1 Å². The number of anilines is 1. The van der Waals surface area contributed by atoms with Gasteiger partial charge in [0.05, 0.1) is 5.69 Å². The minimum absolute atomic E-state index is 0.750. The summed E-state index contributed by atoms with van der Waals surface area (Å²) in [4.78, 5) is 3.72. The number of nitrogens with two attached hydrogens (primary N) is 1. The van der Waals surface area contributed by atoms with E-state index in [0.717, 1.165) is 36.8 Å². The molecule has 1 aromatic rings. The van der Waals surface area contributed by atoms with Crippen molar-refractivity contribution < 1.29 is 0 Å². The predicted molar refractivity (Wildman–Crippen MR) is 68.1 cm³/mol. The fourth-order valence-electron chi connectivity index (χ4n) is 1.76. The van der Waals surface area contributed by atoms with Crippen LogP contribution in [0, 0.1) is 0 Å². The second-order valence-corrected chi connectivity index (χ2v) is 5.16. The van der Waals surface area contributed by atoms with Gasteiger partial charge in [-0.1, -0.05) is 11.6 Å². The molecule has 0 atom stereocenters. The van der Waals surface area contributed by atoms with Crippen molar-refractivity contribution in [2.45, 2.75) is 11.3 Å². The summed E-state index contributed by atoms with van der Waals surface area (Å²) in [5.41, 5.74) is 6.81. The van der Waals surface area contributed by atoms with Crippen LogP contribution in [0.5, 0.6) is 0 Å². The molecule has 0 bridgehead atoms. The van der Waals surface area contributed by atoms with Crippen LogP contribution in [0.4, 0.5) is 5.69 Å². The predicted octanol–water partition coefficient (Wildman–Crippen LogP) is 2.60. The Morgan fingerprint density at radius 1 is 1.47 bits per heavy atom. The van der Waals surface area contributed by atoms with E-state index in [1.165, 1.54) is 10.6 Å². The number of hydrogen-bond acceptors (Lipinski definition) is 3. The van der Waals surface area contributed by atoms with Crippen molar-refractivity contribution in [3.63, 3.8) is 0 Å². The standard InChI is InChI=1S/C11H15ClN2S/c12-9-2-3-11-10(8-9)14(5-1-4-13)6-7-15-11/h2-3,8H,1,4-7,13H2. The molecule has 82 valence electrons. The molecule has 2 nitrogen and oxygen atoms in total. The molecule has 0 saturated carbocycles. The van der Waals surface area contributed by atoms with Gasteiger partial charge in [-0.05, 0) is 31.2 Å². The first-order chi connectivity index (χ1) is 7.31. The average Bonchev–Trinajstić information content (AvgIpc) is 2.26. The van der Waals surface area contributed by atoms with Gasteiger partial charge in [-0.2, -0.15) is 0 Å². The summed E-state index contributed by atoms with van der Waals surface area (Å²) >= 11 is 7.92. The zero-order valence-electron chi connectivity index (χ0n) is 8.58. The van der Waals surface area contributed by atoms with Crippen molar-refractivity contribution in [2.75, 3.05) is 30.3 Å². The third-order valence-corrected chi connectivity index (χ3v) is 3.79. The number of halogens is 1. The fourth-order valence-corrected chi connectivity index (χ4v) is 2.96. The second-order valence-electron chi connectivity index (χ2n) is 3.59. The van der Waals surface area contributed by atoms with Gasteiger partial charge in [0.25, 0.3) is 0 Å². The van der Waals surface area contributed by atoms with Crippen LogP contribution in [-0.2, 0) is 0 Å². The maximum absolute atomic E-state index is 6.02. The molecule has 1 heterocycles. The van der Waals surface area contributed by atoms with Gasteiger partial charge in [0.1, 0.15) is 0 Å². The van der Waals surface area contributed by atoms with Crippen molar-refractivity contribution in [1.29, 1.82) is 0 Å². The largest absolute Gasteiger partial charge is 0.370 e. The zero-order chi connectivity index (χ0) is 10.7. The van der Waals surface area contributed by atoms with Crippen LogP contribution < -0.4 is 10.6 Å². The smallest absolute Gasteiger partial charge is 0.0519 e. The summed E-state index contributed by atoms with van der Waals surface area (Å²) in [6.07, 6.45) is 1.04. The highest BCUT2D eigenvalue weighted by Crippen LogP contribution is 2.36. The molecule has 0 unspecified atom stereocenters. The molecule has 0 fully saturated rings. The first-order valence-corrected chi connectivity index (χ1v) is 6.55. The van der Waals surface area contributed by atoms with Gasteiger partial charge in [-0.15, -0.1) is 11.8 Å². The Hall–Kier alpha value is -0.380. The van der Waals surface area contributed by atoms with E-state index in [9.17, 15) is 0 Å². The van der Waals surface area contributed by atoms with Gasteiger partial charge in [-0.3, -0.25) is 0 Å². The first kappa shape index (κ1) is 11.1.